The first kappa shape index (κ1) is 28.8. The number of nitrogens with two attached hydrogens (primary N) is 1. The maximum Gasteiger partial charge on any atom is 0.230 e. The van der Waals surface area contributed by atoms with Crippen LogP contribution >= 0.6 is 0 Å². The van der Waals surface area contributed by atoms with Crippen LogP contribution in [0.5, 0.6) is 5.75 Å². The van der Waals surface area contributed by atoms with Crippen molar-refractivity contribution in [3.8, 4) is 16.9 Å². The normalized spacial score (nSPS) is 33.3. The highest BCUT2D eigenvalue weighted by Crippen LogP contribution is 2.53. The number of fused-ring (bicyclic) bond motifs is 3. The number of aliphatic hydroxyl groups excluding tert-OH is 1. The van der Waals surface area contributed by atoms with Gasteiger partial charge >= 0.3 is 0 Å². The number of ketones is 3. The van der Waals surface area contributed by atoms with Gasteiger partial charge in [-0.1, -0.05) is 32.1 Å². The summed E-state index contributed by atoms with van der Waals surface area (Å²) >= 11 is 0. The number of amides is 1. The summed E-state index contributed by atoms with van der Waals surface area (Å²) in [6.45, 7) is 0. The molecule has 3 saturated carbocycles. The zero-order chi connectivity index (χ0) is 30.1. The molecule has 6 rings (SSSR count). The Bertz CT molecular complexity index is 1440. The molecule has 1 amide bonds. The first-order valence-corrected chi connectivity index (χ1v) is 14.9. The third-order valence-electron chi connectivity index (χ3n) is 10.4. The Morgan fingerprint density at radius 1 is 1.14 bits per heavy atom. The SMILES string of the molecule is CN(C)[C@H]1C(O)C(C(N)=O)C(=O)[C@]2(O)C(=O)C3C(=O)c4c(O)c(CC5CCCCC5)cc(-c5ccoc5)c4C[C@@H]3C[C@H]12. The number of primary amides is 1. The predicted octanol–water partition coefficient (Wildman–Crippen LogP) is 2.04. The van der Waals surface area contributed by atoms with Crippen LogP contribution in [0.25, 0.3) is 11.1 Å². The van der Waals surface area contributed by atoms with Gasteiger partial charge in [0.1, 0.15) is 11.7 Å². The van der Waals surface area contributed by atoms with E-state index in [2.05, 4.69) is 0 Å². The van der Waals surface area contributed by atoms with Gasteiger partial charge in [-0.25, -0.2) is 0 Å². The first-order valence-electron chi connectivity index (χ1n) is 14.9. The Morgan fingerprint density at radius 3 is 2.48 bits per heavy atom. The molecule has 0 aliphatic heterocycles. The number of furan rings is 1. The minimum absolute atomic E-state index is 0.0510. The number of rotatable bonds is 5. The molecular weight excluding hydrogens is 540 g/mol. The van der Waals surface area contributed by atoms with E-state index in [9.17, 15) is 34.5 Å². The number of nitrogens with zero attached hydrogens (tertiary/aromatic N) is 1. The van der Waals surface area contributed by atoms with Crippen LogP contribution in [-0.4, -0.2) is 75.3 Å². The van der Waals surface area contributed by atoms with Crippen LogP contribution in [0.2, 0.25) is 0 Å². The quantitative estimate of drug-likeness (QED) is 0.388. The van der Waals surface area contributed by atoms with E-state index in [1.54, 1.807) is 37.6 Å². The van der Waals surface area contributed by atoms with Crippen molar-refractivity contribution < 1.29 is 38.9 Å². The molecule has 1 aromatic heterocycles. The van der Waals surface area contributed by atoms with Gasteiger partial charge in [-0.05, 0) is 74.0 Å². The van der Waals surface area contributed by atoms with Crippen molar-refractivity contribution in [3.63, 3.8) is 0 Å². The van der Waals surface area contributed by atoms with Gasteiger partial charge in [0.2, 0.25) is 5.91 Å². The highest BCUT2D eigenvalue weighted by atomic mass is 16.3. The number of hydrogen-bond acceptors (Lipinski definition) is 9. The summed E-state index contributed by atoms with van der Waals surface area (Å²) < 4.78 is 5.36. The lowest BCUT2D eigenvalue weighted by Gasteiger charge is -2.55. The fourth-order valence-corrected chi connectivity index (χ4v) is 8.48. The smallest absolute Gasteiger partial charge is 0.230 e. The fourth-order valence-electron chi connectivity index (χ4n) is 8.48. The third-order valence-corrected chi connectivity index (χ3v) is 10.4. The number of aliphatic hydroxyl groups is 2. The van der Waals surface area contributed by atoms with Gasteiger partial charge in [-0.2, -0.15) is 0 Å². The molecule has 0 saturated heterocycles. The van der Waals surface area contributed by atoms with Gasteiger partial charge in [-0.15, -0.1) is 0 Å². The molecule has 224 valence electrons. The minimum Gasteiger partial charge on any atom is -0.507 e. The Kier molecular flexibility index (Phi) is 7.14. The number of phenols is 1. The standard InChI is InChI=1S/C32H38N2O8/c1-34(2)25-21-13-17-11-20-19(16-8-9-42-14-16)12-18(10-15-6-4-3-5-7-15)26(35)23(20)27(36)22(17)29(38)32(21,41)30(39)24(28(25)37)31(33)40/h8-9,12,14-15,17,21-22,24-25,28,35,37,41H,3-7,10-11,13H2,1-2H3,(H2,33,40)/t17-,21-,22?,24?,25-,28?,32-/m1/s1. The van der Waals surface area contributed by atoms with Crippen LogP contribution in [0.4, 0.5) is 0 Å². The highest BCUT2D eigenvalue weighted by Gasteiger charge is 2.69. The second-order valence-electron chi connectivity index (χ2n) is 13.0. The first-order chi connectivity index (χ1) is 20.0. The molecule has 10 heteroatoms. The summed E-state index contributed by atoms with van der Waals surface area (Å²) in [4.78, 5) is 55.9. The lowest BCUT2D eigenvalue weighted by molar-refractivity contribution is -0.190. The summed E-state index contributed by atoms with van der Waals surface area (Å²) in [7, 11) is 3.26. The van der Waals surface area contributed by atoms with E-state index < -0.39 is 64.7 Å². The molecule has 4 aliphatic carbocycles. The Hall–Kier alpha value is -3.34. The summed E-state index contributed by atoms with van der Waals surface area (Å²) in [5, 5.41) is 34.5. The Labute approximate surface area is 243 Å². The summed E-state index contributed by atoms with van der Waals surface area (Å²) in [5.41, 5.74) is 5.57. The average molecular weight is 579 g/mol. The molecule has 42 heavy (non-hydrogen) atoms. The van der Waals surface area contributed by atoms with Crippen molar-refractivity contribution in [2.75, 3.05) is 14.1 Å². The number of likely N-dealkylation sites (N-methyl/N-ethyl adjacent to an activating group) is 1. The second kappa shape index (κ2) is 10.4. The highest BCUT2D eigenvalue weighted by molar-refractivity contribution is 6.25. The van der Waals surface area contributed by atoms with E-state index in [4.69, 9.17) is 10.2 Å². The molecule has 3 unspecified atom stereocenters. The fraction of sp³-hybridized carbons (Fsp3) is 0.562. The summed E-state index contributed by atoms with van der Waals surface area (Å²) in [5.74, 6) is -8.56. The van der Waals surface area contributed by atoms with Gasteiger partial charge in [0.25, 0.3) is 0 Å². The van der Waals surface area contributed by atoms with Crippen molar-refractivity contribution in [1.29, 1.82) is 0 Å². The number of benzene rings is 1. The van der Waals surface area contributed by atoms with E-state index in [-0.39, 0.29) is 24.2 Å². The molecule has 4 aliphatic rings. The van der Waals surface area contributed by atoms with Gasteiger partial charge in [-0.3, -0.25) is 19.2 Å². The topological polar surface area (TPSA) is 171 Å². The molecule has 0 radical (unpaired) electrons. The molecule has 5 N–H and O–H groups in total. The number of aromatic hydroxyl groups is 1. The third kappa shape index (κ3) is 4.18. The molecule has 3 fully saturated rings. The largest absolute Gasteiger partial charge is 0.507 e. The molecule has 1 heterocycles. The van der Waals surface area contributed by atoms with Crippen LogP contribution in [0.1, 0.15) is 60.0 Å². The van der Waals surface area contributed by atoms with Crippen molar-refractivity contribution in [1.82, 2.24) is 4.90 Å². The van der Waals surface area contributed by atoms with Gasteiger partial charge in [0.05, 0.1) is 30.1 Å². The van der Waals surface area contributed by atoms with Crippen LogP contribution in [-0.2, 0) is 27.2 Å². The minimum atomic E-state index is -2.68. The van der Waals surface area contributed by atoms with E-state index in [1.807, 2.05) is 6.07 Å². The van der Waals surface area contributed by atoms with Crippen molar-refractivity contribution in [2.45, 2.75) is 69.1 Å². The summed E-state index contributed by atoms with van der Waals surface area (Å²) in [6, 6.07) is 2.78. The second-order valence-corrected chi connectivity index (χ2v) is 13.0. The van der Waals surface area contributed by atoms with Crippen molar-refractivity contribution >= 4 is 23.3 Å². The van der Waals surface area contributed by atoms with Crippen molar-refractivity contribution in [3.05, 3.63) is 41.3 Å². The number of Topliss-reactive ketones (excluding diaryl/α,β-unsaturated/α-hetero) is 3. The lowest BCUT2D eigenvalue weighted by Crippen LogP contribution is -2.75. The van der Waals surface area contributed by atoms with Crippen molar-refractivity contribution in [2.24, 2.45) is 35.3 Å². The average Bonchev–Trinajstić information content (AvgIpc) is 3.47. The Morgan fingerprint density at radius 2 is 1.86 bits per heavy atom. The van der Waals surface area contributed by atoms with E-state index in [0.29, 0.717) is 23.5 Å². The van der Waals surface area contributed by atoms with Crippen LogP contribution in [0.3, 0.4) is 0 Å². The lowest BCUT2D eigenvalue weighted by atomic mass is 9.52. The Balaban J connectivity index is 1.47. The predicted molar refractivity (Wildman–Crippen MR) is 150 cm³/mol. The summed E-state index contributed by atoms with van der Waals surface area (Å²) in [6.07, 6.45) is 7.98. The molecule has 10 nitrogen and oxygen atoms in total. The van der Waals surface area contributed by atoms with E-state index in [0.717, 1.165) is 36.8 Å². The van der Waals surface area contributed by atoms with E-state index >= 15 is 0 Å². The van der Waals surface area contributed by atoms with Crippen LogP contribution in [0.15, 0.2) is 29.1 Å². The van der Waals surface area contributed by atoms with Gasteiger partial charge in [0, 0.05) is 17.5 Å². The monoisotopic (exact) mass is 578 g/mol. The maximum absolute atomic E-state index is 14.3. The molecule has 7 atom stereocenters. The molecule has 2 aromatic rings. The molecular formula is C32H38N2O8. The van der Waals surface area contributed by atoms with Gasteiger partial charge < -0.3 is 30.4 Å². The number of carbonyl (C=O) groups excluding carboxylic acids is 4. The number of carbonyl (C=O) groups is 4. The molecule has 0 spiro atoms. The molecule has 1 aromatic carbocycles. The molecule has 0 bridgehead atoms. The zero-order valence-electron chi connectivity index (χ0n) is 23.9. The zero-order valence-corrected chi connectivity index (χ0v) is 23.9. The maximum atomic E-state index is 14.3. The number of hydrogen-bond donors (Lipinski definition) is 4. The van der Waals surface area contributed by atoms with Crippen LogP contribution < -0.4 is 5.73 Å². The number of phenolic OH excluding ortho intramolecular Hbond substituents is 1. The van der Waals surface area contributed by atoms with Gasteiger partial charge in [0.15, 0.2) is 23.0 Å². The van der Waals surface area contributed by atoms with E-state index in [1.165, 1.54) is 6.42 Å². The van der Waals surface area contributed by atoms with Crippen LogP contribution in [0, 0.1) is 29.6 Å².